The van der Waals surface area contributed by atoms with Gasteiger partial charge in [0.25, 0.3) is 0 Å². The number of anilines is 1. The molecule has 1 aliphatic rings. The van der Waals surface area contributed by atoms with Crippen LogP contribution in [0.15, 0.2) is 36.5 Å². The van der Waals surface area contributed by atoms with Crippen LogP contribution in [-0.4, -0.2) is 30.7 Å². The SMILES string of the molecule is CCC1CCN(c2cnc3ccccc3c2)CCCN1. The van der Waals surface area contributed by atoms with E-state index >= 15 is 0 Å². The van der Waals surface area contributed by atoms with Crippen molar-refractivity contribution in [3.63, 3.8) is 0 Å². The fourth-order valence-electron chi connectivity index (χ4n) is 2.94. The Morgan fingerprint density at radius 1 is 1.30 bits per heavy atom. The van der Waals surface area contributed by atoms with Crippen LogP contribution in [0.1, 0.15) is 26.2 Å². The van der Waals surface area contributed by atoms with Crippen LogP contribution in [0.25, 0.3) is 10.9 Å². The highest BCUT2D eigenvalue weighted by atomic mass is 15.1. The van der Waals surface area contributed by atoms with E-state index < -0.39 is 0 Å². The molecule has 1 unspecified atom stereocenters. The summed E-state index contributed by atoms with van der Waals surface area (Å²) < 4.78 is 0. The molecule has 3 nitrogen and oxygen atoms in total. The van der Waals surface area contributed by atoms with E-state index in [1.165, 1.54) is 30.3 Å². The number of hydrogen-bond acceptors (Lipinski definition) is 3. The fraction of sp³-hybridized carbons (Fsp3) is 0.471. The van der Waals surface area contributed by atoms with Crippen molar-refractivity contribution >= 4 is 16.6 Å². The molecule has 0 amide bonds. The predicted molar refractivity (Wildman–Crippen MR) is 85.3 cm³/mol. The first-order valence-electron chi connectivity index (χ1n) is 7.70. The number of benzene rings is 1. The predicted octanol–water partition coefficient (Wildman–Crippen LogP) is 3.20. The molecule has 1 saturated heterocycles. The highest BCUT2D eigenvalue weighted by Crippen LogP contribution is 2.21. The van der Waals surface area contributed by atoms with Gasteiger partial charge in [-0.3, -0.25) is 4.98 Å². The lowest BCUT2D eigenvalue weighted by atomic mass is 10.1. The minimum atomic E-state index is 0.659. The average Bonchev–Trinajstić information content (AvgIpc) is 2.47. The molecule has 0 aliphatic carbocycles. The van der Waals surface area contributed by atoms with E-state index in [2.05, 4.69) is 46.4 Å². The van der Waals surface area contributed by atoms with E-state index in [-0.39, 0.29) is 0 Å². The molecule has 2 heterocycles. The van der Waals surface area contributed by atoms with Crippen molar-refractivity contribution in [1.82, 2.24) is 10.3 Å². The molecule has 106 valence electrons. The van der Waals surface area contributed by atoms with Gasteiger partial charge in [-0.15, -0.1) is 0 Å². The lowest BCUT2D eigenvalue weighted by molar-refractivity contribution is 0.439. The summed E-state index contributed by atoms with van der Waals surface area (Å²) >= 11 is 0. The van der Waals surface area contributed by atoms with Crippen LogP contribution in [0, 0.1) is 0 Å². The number of fused-ring (bicyclic) bond motifs is 1. The minimum Gasteiger partial charge on any atom is -0.370 e. The summed E-state index contributed by atoms with van der Waals surface area (Å²) in [5, 5.41) is 4.86. The summed E-state index contributed by atoms with van der Waals surface area (Å²) in [6, 6.07) is 11.3. The highest BCUT2D eigenvalue weighted by Gasteiger charge is 2.14. The van der Waals surface area contributed by atoms with Crippen LogP contribution in [0.2, 0.25) is 0 Å². The third-order valence-corrected chi connectivity index (χ3v) is 4.22. The van der Waals surface area contributed by atoms with Gasteiger partial charge in [0.2, 0.25) is 0 Å². The molecule has 1 aromatic carbocycles. The maximum atomic E-state index is 4.59. The van der Waals surface area contributed by atoms with Gasteiger partial charge in [0, 0.05) is 24.5 Å². The maximum absolute atomic E-state index is 4.59. The van der Waals surface area contributed by atoms with Gasteiger partial charge >= 0.3 is 0 Å². The first-order valence-corrected chi connectivity index (χ1v) is 7.70. The molecule has 1 N–H and O–H groups in total. The topological polar surface area (TPSA) is 28.2 Å². The Morgan fingerprint density at radius 3 is 3.10 bits per heavy atom. The van der Waals surface area contributed by atoms with Gasteiger partial charge in [-0.05, 0) is 37.9 Å². The quantitative estimate of drug-likeness (QED) is 0.907. The lowest BCUT2D eigenvalue weighted by Gasteiger charge is -2.30. The first kappa shape index (κ1) is 13.4. The molecule has 0 saturated carbocycles. The van der Waals surface area contributed by atoms with Gasteiger partial charge in [0.05, 0.1) is 17.4 Å². The number of hydrogen-bond donors (Lipinski definition) is 1. The molecular weight excluding hydrogens is 246 g/mol. The molecule has 1 atom stereocenters. The smallest absolute Gasteiger partial charge is 0.0703 e. The van der Waals surface area contributed by atoms with Crippen molar-refractivity contribution < 1.29 is 0 Å². The van der Waals surface area contributed by atoms with Crippen LogP contribution in [0.4, 0.5) is 5.69 Å². The van der Waals surface area contributed by atoms with E-state index in [1.807, 2.05) is 12.3 Å². The molecule has 1 fully saturated rings. The van der Waals surface area contributed by atoms with Crippen molar-refractivity contribution in [1.29, 1.82) is 0 Å². The first-order chi connectivity index (χ1) is 9.86. The monoisotopic (exact) mass is 269 g/mol. The van der Waals surface area contributed by atoms with Gasteiger partial charge in [-0.1, -0.05) is 25.1 Å². The summed E-state index contributed by atoms with van der Waals surface area (Å²) in [7, 11) is 0. The van der Waals surface area contributed by atoms with Crippen LogP contribution in [0.5, 0.6) is 0 Å². The number of nitrogens with zero attached hydrogens (tertiary/aromatic N) is 2. The lowest BCUT2D eigenvalue weighted by Crippen LogP contribution is -2.39. The van der Waals surface area contributed by atoms with E-state index in [9.17, 15) is 0 Å². The van der Waals surface area contributed by atoms with Crippen molar-refractivity contribution in [3.05, 3.63) is 36.5 Å². The van der Waals surface area contributed by atoms with E-state index in [4.69, 9.17) is 0 Å². The van der Waals surface area contributed by atoms with Gasteiger partial charge in [-0.2, -0.15) is 0 Å². The van der Waals surface area contributed by atoms with Crippen LogP contribution >= 0.6 is 0 Å². The summed E-state index contributed by atoms with van der Waals surface area (Å²) in [6.07, 6.45) is 5.65. The molecule has 3 rings (SSSR count). The van der Waals surface area contributed by atoms with E-state index in [0.29, 0.717) is 6.04 Å². The van der Waals surface area contributed by atoms with Crippen molar-refractivity contribution in [2.24, 2.45) is 0 Å². The second-order valence-corrected chi connectivity index (χ2v) is 5.57. The molecular formula is C17H23N3. The number of nitrogens with one attached hydrogen (secondary N) is 1. The Bertz CT molecular complexity index is 567. The van der Waals surface area contributed by atoms with Crippen molar-refractivity contribution in [2.45, 2.75) is 32.2 Å². The minimum absolute atomic E-state index is 0.659. The molecule has 0 radical (unpaired) electrons. The molecule has 2 aromatic rings. The zero-order chi connectivity index (χ0) is 13.8. The highest BCUT2D eigenvalue weighted by molar-refractivity contribution is 5.81. The van der Waals surface area contributed by atoms with E-state index in [1.54, 1.807) is 0 Å². The molecule has 1 aromatic heterocycles. The zero-order valence-electron chi connectivity index (χ0n) is 12.2. The summed E-state index contributed by atoms with van der Waals surface area (Å²) in [6.45, 7) is 5.62. The largest absolute Gasteiger partial charge is 0.370 e. The second kappa shape index (κ2) is 6.23. The number of para-hydroxylation sites is 1. The van der Waals surface area contributed by atoms with Crippen molar-refractivity contribution in [3.8, 4) is 0 Å². The van der Waals surface area contributed by atoms with E-state index in [0.717, 1.165) is 25.2 Å². The van der Waals surface area contributed by atoms with Crippen LogP contribution in [-0.2, 0) is 0 Å². The zero-order valence-corrected chi connectivity index (χ0v) is 12.2. The van der Waals surface area contributed by atoms with Crippen LogP contribution < -0.4 is 10.2 Å². The Balaban J connectivity index is 1.81. The fourth-order valence-corrected chi connectivity index (χ4v) is 2.94. The van der Waals surface area contributed by atoms with Gasteiger partial charge in [0.15, 0.2) is 0 Å². The third-order valence-electron chi connectivity index (χ3n) is 4.22. The molecule has 20 heavy (non-hydrogen) atoms. The second-order valence-electron chi connectivity index (χ2n) is 5.57. The standard InChI is InChI=1S/C17H23N3/c1-2-15-8-11-20(10-5-9-18-15)16-12-14-6-3-4-7-17(14)19-13-16/h3-4,6-7,12-13,15,18H,2,5,8-11H2,1H3. The number of pyridine rings is 1. The Morgan fingerprint density at radius 2 is 2.20 bits per heavy atom. The Kier molecular flexibility index (Phi) is 4.16. The number of aromatic nitrogens is 1. The summed E-state index contributed by atoms with van der Waals surface area (Å²) in [5.74, 6) is 0. The normalized spacial score (nSPS) is 20.6. The van der Waals surface area contributed by atoms with Gasteiger partial charge in [-0.25, -0.2) is 0 Å². The van der Waals surface area contributed by atoms with Gasteiger partial charge < -0.3 is 10.2 Å². The molecule has 0 bridgehead atoms. The average molecular weight is 269 g/mol. The van der Waals surface area contributed by atoms with Crippen molar-refractivity contribution in [2.75, 3.05) is 24.5 Å². The number of rotatable bonds is 2. The summed E-state index contributed by atoms with van der Waals surface area (Å²) in [4.78, 5) is 7.08. The van der Waals surface area contributed by atoms with Gasteiger partial charge in [0.1, 0.15) is 0 Å². The summed E-state index contributed by atoms with van der Waals surface area (Å²) in [5.41, 5.74) is 2.34. The van der Waals surface area contributed by atoms with Crippen LogP contribution in [0.3, 0.4) is 0 Å². The Hall–Kier alpha value is -1.61. The molecule has 1 aliphatic heterocycles. The maximum Gasteiger partial charge on any atom is 0.0703 e. The molecule has 3 heteroatoms. The Labute approximate surface area is 121 Å². The third kappa shape index (κ3) is 2.93. The molecule has 0 spiro atoms.